The van der Waals surface area contributed by atoms with Crippen molar-refractivity contribution >= 4 is 0 Å². The molecule has 0 saturated heterocycles. The molecule has 0 spiro atoms. The molecule has 0 N–H and O–H groups in total. The van der Waals surface area contributed by atoms with Crippen LogP contribution in [0.3, 0.4) is 0 Å². The molecule has 0 saturated carbocycles. The molecule has 1 aliphatic carbocycles. The van der Waals surface area contributed by atoms with Crippen LogP contribution in [0.5, 0.6) is 0 Å². The zero-order valence-corrected chi connectivity index (χ0v) is 10.4. The molecule has 0 atom stereocenters. The molecule has 0 fully saturated rings. The molecule has 1 nitrogen and oxygen atoms in total. The smallest absolute Gasteiger partial charge is 0.0526 e. The normalized spacial score (nSPS) is 19.1. The summed E-state index contributed by atoms with van der Waals surface area (Å²) < 4.78 is 0. The Labute approximate surface area is 88.5 Å². The molecule has 1 heteroatoms. The van der Waals surface area contributed by atoms with Gasteiger partial charge >= 0.3 is 0 Å². The van der Waals surface area contributed by atoms with Gasteiger partial charge in [0.25, 0.3) is 0 Å². The largest absolute Gasteiger partial charge is 0.293 e. The van der Waals surface area contributed by atoms with E-state index in [2.05, 4.69) is 46.4 Å². The van der Waals surface area contributed by atoms with Crippen molar-refractivity contribution in [3.8, 4) is 0 Å². The monoisotopic (exact) mass is 193 g/mol. The lowest BCUT2D eigenvalue weighted by molar-refractivity contribution is 0.272. The number of likely N-dealkylation sites (N-methyl/N-ethyl adjacent to an activating group) is 1. The fraction of sp³-hybridized carbons (Fsp3) is 0.692. The molecule has 0 amide bonds. The third kappa shape index (κ3) is 1.66. The van der Waals surface area contributed by atoms with Crippen LogP contribution in [0.4, 0.5) is 0 Å². The molecular weight excluding hydrogens is 170 g/mol. The summed E-state index contributed by atoms with van der Waals surface area (Å²) in [5, 5.41) is 0. The fourth-order valence-corrected chi connectivity index (χ4v) is 2.46. The van der Waals surface area contributed by atoms with Crippen molar-refractivity contribution in [3.05, 3.63) is 22.3 Å². The highest BCUT2D eigenvalue weighted by atomic mass is 15.1. The van der Waals surface area contributed by atoms with Gasteiger partial charge in [-0.1, -0.05) is 13.8 Å². The first-order valence-corrected chi connectivity index (χ1v) is 5.63. The van der Waals surface area contributed by atoms with Gasteiger partial charge in [-0.25, -0.2) is 0 Å². The van der Waals surface area contributed by atoms with Crippen molar-refractivity contribution in [1.29, 1.82) is 0 Å². The molecule has 0 heterocycles. The first kappa shape index (κ1) is 11.5. The Morgan fingerprint density at radius 2 is 1.21 bits per heavy atom. The Morgan fingerprint density at radius 1 is 0.857 bits per heavy atom. The van der Waals surface area contributed by atoms with Crippen LogP contribution in [-0.2, 0) is 0 Å². The van der Waals surface area contributed by atoms with E-state index < -0.39 is 0 Å². The third-order valence-corrected chi connectivity index (χ3v) is 3.74. The van der Waals surface area contributed by atoms with Gasteiger partial charge in [0.15, 0.2) is 0 Å². The molecule has 0 aromatic carbocycles. The SMILES string of the molecule is CCN(CC)C1C(C)=C(C)C(C)=C1C. The van der Waals surface area contributed by atoms with Gasteiger partial charge in [-0.3, -0.25) is 4.90 Å². The van der Waals surface area contributed by atoms with E-state index in [0.717, 1.165) is 13.1 Å². The number of allylic oxidation sites excluding steroid dienone is 2. The molecule has 1 rings (SSSR count). The molecule has 0 radical (unpaired) electrons. The highest BCUT2D eigenvalue weighted by Gasteiger charge is 2.27. The quantitative estimate of drug-likeness (QED) is 0.664. The predicted molar refractivity (Wildman–Crippen MR) is 63.5 cm³/mol. The first-order chi connectivity index (χ1) is 6.54. The Kier molecular flexibility index (Phi) is 3.54. The van der Waals surface area contributed by atoms with Gasteiger partial charge in [-0.2, -0.15) is 0 Å². The molecule has 0 aromatic heterocycles. The minimum Gasteiger partial charge on any atom is -0.293 e. The van der Waals surface area contributed by atoms with Crippen molar-refractivity contribution in [2.45, 2.75) is 47.6 Å². The van der Waals surface area contributed by atoms with Crippen LogP contribution in [0.2, 0.25) is 0 Å². The minimum atomic E-state index is 0.574. The van der Waals surface area contributed by atoms with E-state index in [0.29, 0.717) is 6.04 Å². The van der Waals surface area contributed by atoms with Crippen LogP contribution < -0.4 is 0 Å². The highest BCUT2D eigenvalue weighted by molar-refractivity contribution is 5.48. The molecule has 80 valence electrons. The third-order valence-electron chi connectivity index (χ3n) is 3.74. The van der Waals surface area contributed by atoms with Gasteiger partial charge in [-0.05, 0) is 63.1 Å². The molecule has 14 heavy (non-hydrogen) atoms. The van der Waals surface area contributed by atoms with E-state index in [1.54, 1.807) is 11.1 Å². The second-order valence-corrected chi connectivity index (χ2v) is 4.24. The van der Waals surface area contributed by atoms with Gasteiger partial charge in [0.2, 0.25) is 0 Å². The fourth-order valence-electron chi connectivity index (χ4n) is 2.46. The van der Waals surface area contributed by atoms with Crippen LogP contribution in [0.25, 0.3) is 0 Å². The van der Waals surface area contributed by atoms with Crippen molar-refractivity contribution < 1.29 is 0 Å². The van der Waals surface area contributed by atoms with Crippen LogP contribution in [-0.4, -0.2) is 24.0 Å². The summed E-state index contributed by atoms with van der Waals surface area (Å²) in [6.45, 7) is 15.8. The van der Waals surface area contributed by atoms with Crippen molar-refractivity contribution in [3.63, 3.8) is 0 Å². The minimum absolute atomic E-state index is 0.574. The number of nitrogens with zero attached hydrogens (tertiary/aromatic N) is 1. The Hall–Kier alpha value is -0.560. The molecule has 0 bridgehead atoms. The standard InChI is InChI=1S/C13H23N/c1-7-14(8-2)13-11(5)9(3)10(4)12(13)6/h13H,7-8H2,1-6H3. The van der Waals surface area contributed by atoms with Crippen LogP contribution in [0.1, 0.15) is 41.5 Å². The number of hydrogen-bond donors (Lipinski definition) is 0. The summed E-state index contributed by atoms with van der Waals surface area (Å²) in [6, 6.07) is 0.574. The second kappa shape index (κ2) is 4.31. The van der Waals surface area contributed by atoms with Crippen LogP contribution >= 0.6 is 0 Å². The molecular formula is C13H23N. The van der Waals surface area contributed by atoms with Crippen molar-refractivity contribution in [1.82, 2.24) is 4.90 Å². The van der Waals surface area contributed by atoms with E-state index in [1.165, 1.54) is 11.1 Å². The molecule has 0 unspecified atom stereocenters. The molecule has 1 aliphatic rings. The zero-order valence-electron chi connectivity index (χ0n) is 10.4. The van der Waals surface area contributed by atoms with Crippen LogP contribution in [0.15, 0.2) is 22.3 Å². The summed E-state index contributed by atoms with van der Waals surface area (Å²) in [4.78, 5) is 2.53. The predicted octanol–water partition coefficient (Wildman–Crippen LogP) is 3.38. The van der Waals surface area contributed by atoms with Crippen molar-refractivity contribution in [2.75, 3.05) is 13.1 Å². The van der Waals surface area contributed by atoms with E-state index >= 15 is 0 Å². The summed E-state index contributed by atoms with van der Waals surface area (Å²) in [6.07, 6.45) is 0. The van der Waals surface area contributed by atoms with E-state index in [4.69, 9.17) is 0 Å². The lowest BCUT2D eigenvalue weighted by atomic mass is 10.0. The average molecular weight is 193 g/mol. The Balaban J connectivity index is 3.02. The summed E-state index contributed by atoms with van der Waals surface area (Å²) in [7, 11) is 0. The number of rotatable bonds is 3. The first-order valence-electron chi connectivity index (χ1n) is 5.63. The van der Waals surface area contributed by atoms with Crippen molar-refractivity contribution in [2.24, 2.45) is 0 Å². The van der Waals surface area contributed by atoms with Crippen LogP contribution in [0, 0.1) is 0 Å². The maximum absolute atomic E-state index is 2.53. The van der Waals surface area contributed by atoms with Gasteiger partial charge in [-0.15, -0.1) is 0 Å². The Bertz CT molecular complexity index is 256. The van der Waals surface area contributed by atoms with E-state index in [1.807, 2.05) is 0 Å². The maximum atomic E-state index is 2.53. The average Bonchev–Trinajstić information content (AvgIpc) is 2.37. The van der Waals surface area contributed by atoms with Gasteiger partial charge in [0, 0.05) is 0 Å². The summed E-state index contributed by atoms with van der Waals surface area (Å²) in [5.74, 6) is 0. The second-order valence-electron chi connectivity index (χ2n) is 4.24. The number of hydrogen-bond acceptors (Lipinski definition) is 1. The summed E-state index contributed by atoms with van der Waals surface area (Å²) >= 11 is 0. The molecule has 0 aromatic rings. The lowest BCUT2D eigenvalue weighted by Crippen LogP contribution is -2.35. The molecule has 0 aliphatic heterocycles. The van der Waals surface area contributed by atoms with Gasteiger partial charge in [0.1, 0.15) is 0 Å². The summed E-state index contributed by atoms with van der Waals surface area (Å²) in [5.41, 5.74) is 6.09. The van der Waals surface area contributed by atoms with E-state index in [-0.39, 0.29) is 0 Å². The topological polar surface area (TPSA) is 3.24 Å². The highest BCUT2D eigenvalue weighted by Crippen LogP contribution is 2.34. The van der Waals surface area contributed by atoms with Gasteiger partial charge < -0.3 is 0 Å². The zero-order chi connectivity index (χ0) is 10.9. The van der Waals surface area contributed by atoms with Gasteiger partial charge in [0.05, 0.1) is 6.04 Å². The van der Waals surface area contributed by atoms with E-state index in [9.17, 15) is 0 Å². The maximum Gasteiger partial charge on any atom is 0.0526 e. The Morgan fingerprint density at radius 3 is 1.50 bits per heavy atom. The lowest BCUT2D eigenvalue weighted by Gasteiger charge is -2.29.